The van der Waals surface area contributed by atoms with E-state index in [1.165, 1.54) is 0 Å². The number of carbonyl (C=O) groups excluding carboxylic acids is 1. The van der Waals surface area contributed by atoms with Gasteiger partial charge in [0, 0.05) is 24.0 Å². The topological polar surface area (TPSA) is 66.5 Å². The Balaban J connectivity index is 1.63. The maximum Gasteiger partial charge on any atom is 0.416 e. The average Bonchev–Trinajstić information content (AvgIpc) is 2.73. The van der Waals surface area contributed by atoms with Crippen LogP contribution < -0.4 is 5.32 Å². The van der Waals surface area contributed by atoms with Gasteiger partial charge in [0.15, 0.2) is 0 Å². The highest BCUT2D eigenvalue weighted by Crippen LogP contribution is 2.32. The molecule has 1 saturated heterocycles. The van der Waals surface area contributed by atoms with Gasteiger partial charge < -0.3 is 5.32 Å². The van der Waals surface area contributed by atoms with Gasteiger partial charge in [-0.05, 0) is 49.6 Å². The highest BCUT2D eigenvalue weighted by atomic mass is 35.5. The third kappa shape index (κ3) is 5.39. The Bertz CT molecular complexity index is 1050. The number of hydrogen-bond acceptors (Lipinski definition) is 3. The van der Waals surface area contributed by atoms with Gasteiger partial charge in [0.1, 0.15) is 0 Å². The minimum atomic E-state index is -4.63. The van der Waals surface area contributed by atoms with E-state index in [-0.39, 0.29) is 37.9 Å². The quantitative estimate of drug-likeness (QED) is 0.686. The summed E-state index contributed by atoms with van der Waals surface area (Å²) in [5, 5.41) is 3.44. The molecule has 1 aliphatic heterocycles. The second-order valence-electron chi connectivity index (χ2n) is 7.46. The summed E-state index contributed by atoms with van der Waals surface area (Å²) in [7, 11) is -4.08. The van der Waals surface area contributed by atoms with Crippen molar-refractivity contribution < 1.29 is 26.4 Å². The smallest absolute Gasteiger partial charge is 0.349 e. The molecule has 0 spiro atoms. The van der Waals surface area contributed by atoms with Crippen LogP contribution in [-0.4, -0.2) is 31.7 Å². The molecule has 0 aromatic heterocycles. The highest BCUT2D eigenvalue weighted by Gasteiger charge is 2.35. The molecule has 0 bridgehead atoms. The van der Waals surface area contributed by atoms with E-state index >= 15 is 0 Å². The Labute approximate surface area is 184 Å². The van der Waals surface area contributed by atoms with Crippen LogP contribution in [0.4, 0.5) is 13.2 Å². The average molecular weight is 475 g/mol. The van der Waals surface area contributed by atoms with E-state index in [1.807, 2.05) is 19.1 Å². The number of rotatable bonds is 5. The predicted molar refractivity (Wildman–Crippen MR) is 111 cm³/mol. The largest absolute Gasteiger partial charge is 0.416 e. The molecule has 1 aliphatic rings. The van der Waals surface area contributed by atoms with Crippen LogP contribution in [-0.2, 0) is 21.0 Å². The van der Waals surface area contributed by atoms with Crippen LogP contribution in [0, 0.1) is 5.92 Å². The first-order chi connectivity index (χ1) is 14.5. The van der Waals surface area contributed by atoms with Crippen molar-refractivity contribution in [3.63, 3.8) is 0 Å². The Morgan fingerprint density at radius 1 is 1.13 bits per heavy atom. The number of sulfonamides is 1. The number of carbonyl (C=O) groups is 1. The van der Waals surface area contributed by atoms with Crippen LogP contribution in [0.25, 0.3) is 0 Å². The van der Waals surface area contributed by atoms with E-state index < -0.39 is 32.6 Å². The monoisotopic (exact) mass is 474 g/mol. The minimum absolute atomic E-state index is 0.0527. The van der Waals surface area contributed by atoms with Gasteiger partial charge in [-0.15, -0.1) is 0 Å². The predicted octanol–water partition coefficient (Wildman–Crippen LogP) is 4.64. The third-order valence-corrected chi connectivity index (χ3v) is 7.59. The van der Waals surface area contributed by atoms with Crippen molar-refractivity contribution in [1.82, 2.24) is 9.62 Å². The van der Waals surface area contributed by atoms with Gasteiger partial charge in [0.25, 0.3) is 0 Å². The Morgan fingerprint density at radius 3 is 2.39 bits per heavy atom. The van der Waals surface area contributed by atoms with E-state index in [0.717, 1.165) is 28.1 Å². The molecule has 1 atom stereocenters. The zero-order valence-electron chi connectivity index (χ0n) is 16.7. The molecule has 2 aromatic carbocycles. The standard InChI is InChI=1S/C21H22ClF3N2O3S/c1-14(18-7-2-3-8-19(18)22)26-20(28)15-9-11-27(12-10-15)31(29,30)17-6-4-5-16(13-17)21(23,24)25/h2-8,13-15H,9-12H2,1H3,(H,26,28). The third-order valence-electron chi connectivity index (χ3n) is 5.35. The van der Waals surface area contributed by atoms with E-state index in [2.05, 4.69) is 5.32 Å². The Kier molecular flexibility index (Phi) is 6.98. The molecule has 2 aromatic rings. The summed E-state index contributed by atoms with van der Waals surface area (Å²) in [4.78, 5) is 12.2. The van der Waals surface area contributed by atoms with Crippen molar-refractivity contribution >= 4 is 27.5 Å². The van der Waals surface area contributed by atoms with Crippen LogP contribution in [0.3, 0.4) is 0 Å². The minimum Gasteiger partial charge on any atom is -0.349 e. The number of alkyl halides is 3. The van der Waals surface area contributed by atoms with Crippen molar-refractivity contribution in [3.8, 4) is 0 Å². The maximum absolute atomic E-state index is 12.9. The van der Waals surface area contributed by atoms with Gasteiger partial charge in [-0.3, -0.25) is 4.79 Å². The summed E-state index contributed by atoms with van der Waals surface area (Å²) in [5.41, 5.74) is -0.238. The van der Waals surface area contributed by atoms with E-state index in [0.29, 0.717) is 11.1 Å². The van der Waals surface area contributed by atoms with Gasteiger partial charge >= 0.3 is 6.18 Å². The molecular weight excluding hydrogens is 453 g/mol. The summed E-state index contributed by atoms with van der Waals surface area (Å²) in [5.74, 6) is -0.596. The molecule has 1 unspecified atom stereocenters. The SMILES string of the molecule is CC(NC(=O)C1CCN(S(=O)(=O)c2cccc(C(F)(F)F)c2)CC1)c1ccccc1Cl. The number of piperidine rings is 1. The maximum atomic E-state index is 12.9. The van der Waals surface area contributed by atoms with Crippen molar-refractivity contribution in [2.75, 3.05) is 13.1 Å². The molecule has 1 amide bonds. The Hall–Kier alpha value is -2.10. The molecule has 10 heteroatoms. The second-order valence-corrected chi connectivity index (χ2v) is 9.80. The zero-order chi connectivity index (χ0) is 22.8. The molecule has 1 heterocycles. The molecule has 168 valence electrons. The normalized spacial score (nSPS) is 17.3. The van der Waals surface area contributed by atoms with Crippen molar-refractivity contribution in [2.24, 2.45) is 5.92 Å². The summed E-state index contributed by atoms with van der Waals surface area (Å²) in [6.45, 7) is 1.92. The summed E-state index contributed by atoms with van der Waals surface area (Å²) in [6, 6.07) is 10.5. The number of amides is 1. The lowest BCUT2D eigenvalue weighted by atomic mass is 9.96. The van der Waals surface area contributed by atoms with Crippen LogP contribution in [0.5, 0.6) is 0 Å². The summed E-state index contributed by atoms with van der Waals surface area (Å²) >= 11 is 6.16. The highest BCUT2D eigenvalue weighted by molar-refractivity contribution is 7.89. The van der Waals surface area contributed by atoms with Gasteiger partial charge in [-0.2, -0.15) is 17.5 Å². The number of halogens is 4. The molecule has 0 saturated carbocycles. The van der Waals surface area contributed by atoms with Gasteiger partial charge in [-0.25, -0.2) is 8.42 Å². The van der Waals surface area contributed by atoms with Crippen molar-refractivity contribution in [1.29, 1.82) is 0 Å². The molecule has 3 rings (SSSR count). The van der Waals surface area contributed by atoms with E-state index in [4.69, 9.17) is 11.6 Å². The van der Waals surface area contributed by atoms with Gasteiger partial charge in [-0.1, -0.05) is 35.9 Å². The summed E-state index contributed by atoms with van der Waals surface area (Å²) in [6.07, 6.45) is -4.08. The van der Waals surface area contributed by atoms with Crippen molar-refractivity contribution in [3.05, 3.63) is 64.7 Å². The van der Waals surface area contributed by atoms with Crippen LogP contribution in [0.15, 0.2) is 53.4 Å². The molecule has 0 aliphatic carbocycles. The zero-order valence-corrected chi connectivity index (χ0v) is 18.3. The number of benzene rings is 2. The lowest BCUT2D eigenvalue weighted by Gasteiger charge is -2.31. The van der Waals surface area contributed by atoms with Gasteiger partial charge in [0.05, 0.1) is 16.5 Å². The first-order valence-electron chi connectivity index (χ1n) is 9.72. The second kappa shape index (κ2) is 9.18. The number of hydrogen-bond donors (Lipinski definition) is 1. The van der Waals surface area contributed by atoms with Gasteiger partial charge in [0.2, 0.25) is 15.9 Å². The molecule has 31 heavy (non-hydrogen) atoms. The fraction of sp³-hybridized carbons (Fsp3) is 0.381. The van der Waals surface area contributed by atoms with Crippen molar-refractivity contribution in [2.45, 2.75) is 36.9 Å². The first kappa shape index (κ1) is 23.6. The lowest BCUT2D eigenvalue weighted by molar-refractivity contribution is -0.137. The molecule has 0 radical (unpaired) electrons. The summed E-state index contributed by atoms with van der Waals surface area (Å²) < 4.78 is 65.5. The van der Waals surface area contributed by atoms with Crippen LogP contribution in [0.2, 0.25) is 5.02 Å². The number of nitrogens with one attached hydrogen (secondary N) is 1. The molecule has 5 nitrogen and oxygen atoms in total. The van der Waals surface area contributed by atoms with Crippen LogP contribution in [0.1, 0.15) is 36.9 Å². The number of nitrogens with zero attached hydrogens (tertiary/aromatic N) is 1. The van der Waals surface area contributed by atoms with E-state index in [1.54, 1.807) is 12.1 Å². The van der Waals surface area contributed by atoms with E-state index in [9.17, 15) is 26.4 Å². The first-order valence-corrected chi connectivity index (χ1v) is 11.5. The lowest BCUT2D eigenvalue weighted by Crippen LogP contribution is -2.43. The molecular formula is C21H22ClF3N2O3S. The fourth-order valence-electron chi connectivity index (χ4n) is 3.58. The van der Waals surface area contributed by atoms with Crippen LogP contribution >= 0.6 is 11.6 Å². The fourth-order valence-corrected chi connectivity index (χ4v) is 5.39. The Morgan fingerprint density at radius 2 is 1.77 bits per heavy atom. The molecule has 1 N–H and O–H groups in total. The molecule has 1 fully saturated rings.